The smallest absolute Gasteiger partial charge is 0.242 e. The molecular formula is C23H26FN5O4S. The number of nitrogens with zero attached hydrogens (tertiary/aromatic N) is 4. The van der Waals surface area contributed by atoms with Crippen molar-refractivity contribution in [2.24, 2.45) is 0 Å². The zero-order chi connectivity index (χ0) is 24.3. The third-order valence-electron chi connectivity index (χ3n) is 5.64. The fourth-order valence-electron chi connectivity index (χ4n) is 3.90. The Morgan fingerprint density at radius 3 is 2.79 bits per heavy atom. The molecule has 0 saturated carbocycles. The van der Waals surface area contributed by atoms with Crippen molar-refractivity contribution in [1.29, 1.82) is 0 Å². The summed E-state index contributed by atoms with van der Waals surface area (Å²) in [6.45, 7) is 1.45. The number of carbonyl (C=O) groups is 1. The SMILES string of the molecule is CN(C)S(=O)(=O)c1cccc(NC(=O)CN2CCCC(c3nc(-c4cccc(F)c4)no3)C2)c1. The normalized spacial score (nSPS) is 17.1. The van der Waals surface area contributed by atoms with E-state index in [1.807, 2.05) is 4.90 Å². The monoisotopic (exact) mass is 487 g/mol. The minimum atomic E-state index is -3.59. The summed E-state index contributed by atoms with van der Waals surface area (Å²) in [4.78, 5) is 19.2. The molecule has 180 valence electrons. The number of hydrogen-bond acceptors (Lipinski definition) is 7. The van der Waals surface area contributed by atoms with E-state index in [1.54, 1.807) is 24.3 Å². The second-order valence-electron chi connectivity index (χ2n) is 8.40. The standard InChI is InChI=1S/C23H26FN5O4S/c1-28(2)34(31,32)20-10-4-9-19(13-20)25-21(30)15-29-11-5-7-17(14-29)23-26-22(27-33-23)16-6-3-8-18(24)12-16/h3-4,6,8-10,12-13,17H,5,7,11,14-15H2,1-2H3,(H,25,30). The van der Waals surface area contributed by atoms with Gasteiger partial charge in [0, 0.05) is 31.9 Å². The van der Waals surface area contributed by atoms with Gasteiger partial charge in [0.1, 0.15) is 5.82 Å². The van der Waals surface area contributed by atoms with Crippen molar-refractivity contribution in [3.63, 3.8) is 0 Å². The summed E-state index contributed by atoms with van der Waals surface area (Å²) >= 11 is 0. The molecule has 0 bridgehead atoms. The summed E-state index contributed by atoms with van der Waals surface area (Å²) in [5.41, 5.74) is 0.957. The number of halogens is 1. The van der Waals surface area contributed by atoms with Crippen LogP contribution in [0, 0.1) is 5.82 Å². The molecule has 0 radical (unpaired) electrons. The number of amides is 1. The number of nitrogens with one attached hydrogen (secondary N) is 1. The third kappa shape index (κ3) is 5.49. The molecule has 4 rings (SSSR count). The van der Waals surface area contributed by atoms with Crippen LogP contribution in [0.5, 0.6) is 0 Å². The summed E-state index contributed by atoms with van der Waals surface area (Å²) in [5, 5.41) is 6.76. The molecule has 34 heavy (non-hydrogen) atoms. The first kappa shape index (κ1) is 24.0. The fourth-order valence-corrected chi connectivity index (χ4v) is 4.84. The summed E-state index contributed by atoms with van der Waals surface area (Å²) in [5.74, 6) is 0.141. The Balaban J connectivity index is 1.38. The third-order valence-corrected chi connectivity index (χ3v) is 7.45. The van der Waals surface area contributed by atoms with E-state index < -0.39 is 10.0 Å². The van der Waals surface area contributed by atoms with Crippen LogP contribution in [-0.2, 0) is 14.8 Å². The van der Waals surface area contributed by atoms with E-state index in [2.05, 4.69) is 15.5 Å². The van der Waals surface area contributed by atoms with Gasteiger partial charge < -0.3 is 9.84 Å². The van der Waals surface area contributed by atoms with Crippen LogP contribution in [0.2, 0.25) is 0 Å². The second kappa shape index (κ2) is 10.00. The van der Waals surface area contributed by atoms with E-state index in [-0.39, 0.29) is 29.1 Å². The quantitative estimate of drug-likeness (QED) is 0.546. The van der Waals surface area contributed by atoms with E-state index in [1.165, 1.54) is 38.4 Å². The van der Waals surface area contributed by atoms with Crippen molar-refractivity contribution < 1.29 is 22.1 Å². The molecule has 1 saturated heterocycles. The minimum absolute atomic E-state index is 0.0371. The lowest BCUT2D eigenvalue weighted by molar-refractivity contribution is -0.117. The van der Waals surface area contributed by atoms with Crippen molar-refractivity contribution >= 4 is 21.6 Å². The molecule has 1 fully saturated rings. The molecule has 11 heteroatoms. The van der Waals surface area contributed by atoms with E-state index in [0.717, 1.165) is 23.7 Å². The highest BCUT2D eigenvalue weighted by molar-refractivity contribution is 7.89. The lowest BCUT2D eigenvalue weighted by Gasteiger charge is -2.30. The summed E-state index contributed by atoms with van der Waals surface area (Å²) in [6.07, 6.45) is 1.69. The number of likely N-dealkylation sites (tertiary alicyclic amines) is 1. The van der Waals surface area contributed by atoms with Gasteiger partial charge in [0.05, 0.1) is 17.4 Å². The van der Waals surface area contributed by atoms with Gasteiger partial charge in [0.25, 0.3) is 0 Å². The molecule has 1 amide bonds. The van der Waals surface area contributed by atoms with Gasteiger partial charge in [-0.25, -0.2) is 17.1 Å². The number of rotatable bonds is 7. The molecular weight excluding hydrogens is 461 g/mol. The Morgan fingerprint density at radius 1 is 1.24 bits per heavy atom. The first-order valence-electron chi connectivity index (χ1n) is 10.9. The Hall–Kier alpha value is -3.15. The summed E-state index contributed by atoms with van der Waals surface area (Å²) in [6, 6.07) is 12.2. The van der Waals surface area contributed by atoms with Crippen molar-refractivity contribution in [3.8, 4) is 11.4 Å². The van der Waals surface area contributed by atoms with Gasteiger partial charge in [-0.05, 0) is 49.7 Å². The zero-order valence-electron chi connectivity index (χ0n) is 18.9. The predicted molar refractivity (Wildman–Crippen MR) is 124 cm³/mol. The predicted octanol–water partition coefficient (Wildman–Crippen LogP) is 2.94. The van der Waals surface area contributed by atoms with E-state index in [4.69, 9.17) is 4.52 Å². The van der Waals surface area contributed by atoms with E-state index >= 15 is 0 Å². The van der Waals surface area contributed by atoms with Gasteiger partial charge in [0.15, 0.2) is 0 Å². The number of anilines is 1. The molecule has 2 heterocycles. The van der Waals surface area contributed by atoms with E-state index in [0.29, 0.717) is 29.5 Å². The van der Waals surface area contributed by atoms with Gasteiger partial charge in [-0.15, -0.1) is 0 Å². The first-order chi connectivity index (χ1) is 16.2. The second-order valence-corrected chi connectivity index (χ2v) is 10.6. The lowest BCUT2D eigenvalue weighted by Crippen LogP contribution is -2.39. The van der Waals surface area contributed by atoms with Crippen LogP contribution >= 0.6 is 0 Å². The van der Waals surface area contributed by atoms with Crippen LogP contribution in [0.25, 0.3) is 11.4 Å². The minimum Gasteiger partial charge on any atom is -0.339 e. The van der Waals surface area contributed by atoms with Crippen LogP contribution in [0.4, 0.5) is 10.1 Å². The molecule has 2 aromatic carbocycles. The number of piperidine rings is 1. The molecule has 1 aliphatic rings. The average molecular weight is 488 g/mol. The molecule has 1 aliphatic heterocycles. The van der Waals surface area contributed by atoms with Crippen LogP contribution in [0.3, 0.4) is 0 Å². The topological polar surface area (TPSA) is 109 Å². The van der Waals surface area contributed by atoms with Gasteiger partial charge in [-0.3, -0.25) is 9.69 Å². The lowest BCUT2D eigenvalue weighted by atomic mass is 9.98. The highest BCUT2D eigenvalue weighted by atomic mass is 32.2. The van der Waals surface area contributed by atoms with Crippen molar-refractivity contribution in [2.75, 3.05) is 39.0 Å². The number of benzene rings is 2. The van der Waals surface area contributed by atoms with Gasteiger partial charge in [-0.2, -0.15) is 4.98 Å². The first-order valence-corrected chi connectivity index (χ1v) is 12.3. The number of sulfonamides is 1. The Bertz CT molecular complexity index is 1280. The summed E-state index contributed by atoms with van der Waals surface area (Å²) < 4.78 is 44.7. The Morgan fingerprint density at radius 2 is 2.03 bits per heavy atom. The Labute approximate surface area is 197 Å². The maximum Gasteiger partial charge on any atom is 0.242 e. The molecule has 0 spiro atoms. The Kier molecular flexibility index (Phi) is 7.05. The van der Waals surface area contributed by atoms with Crippen LogP contribution < -0.4 is 5.32 Å². The van der Waals surface area contributed by atoms with Crippen molar-refractivity contribution in [2.45, 2.75) is 23.7 Å². The van der Waals surface area contributed by atoms with Crippen molar-refractivity contribution in [1.82, 2.24) is 19.3 Å². The van der Waals surface area contributed by atoms with Crippen LogP contribution in [0.1, 0.15) is 24.7 Å². The van der Waals surface area contributed by atoms with Crippen molar-refractivity contribution in [3.05, 3.63) is 60.2 Å². The molecule has 9 nitrogen and oxygen atoms in total. The van der Waals surface area contributed by atoms with Gasteiger partial charge in [0.2, 0.25) is 27.6 Å². The van der Waals surface area contributed by atoms with E-state index in [9.17, 15) is 17.6 Å². The molecule has 3 aromatic rings. The highest BCUT2D eigenvalue weighted by Crippen LogP contribution is 2.28. The maximum absolute atomic E-state index is 13.5. The molecule has 1 aromatic heterocycles. The van der Waals surface area contributed by atoms with Gasteiger partial charge >= 0.3 is 0 Å². The zero-order valence-corrected chi connectivity index (χ0v) is 19.8. The van der Waals surface area contributed by atoms with Gasteiger partial charge in [-0.1, -0.05) is 23.4 Å². The molecule has 0 aliphatic carbocycles. The average Bonchev–Trinajstić information content (AvgIpc) is 3.30. The fraction of sp³-hybridized carbons (Fsp3) is 0.348. The maximum atomic E-state index is 13.5. The number of aromatic nitrogens is 2. The number of hydrogen-bond donors (Lipinski definition) is 1. The molecule has 1 atom stereocenters. The van der Waals surface area contributed by atoms with Crippen LogP contribution in [-0.4, -0.2) is 67.4 Å². The highest BCUT2D eigenvalue weighted by Gasteiger charge is 2.27. The number of carbonyl (C=O) groups excluding carboxylic acids is 1. The largest absolute Gasteiger partial charge is 0.339 e. The van der Waals surface area contributed by atoms with Crippen LogP contribution in [0.15, 0.2) is 57.9 Å². The molecule has 1 N–H and O–H groups in total. The molecule has 1 unspecified atom stereocenters. The summed E-state index contributed by atoms with van der Waals surface area (Å²) in [7, 11) is -0.681.